The Hall–Kier alpha value is -3.03. The van der Waals surface area contributed by atoms with Crippen molar-refractivity contribution in [2.75, 3.05) is 39.3 Å². The number of ether oxygens (including phenoxy) is 1. The monoisotopic (exact) mass is 741 g/mol. The maximum Gasteiger partial charge on any atom is 0.0717 e. The molecule has 0 aliphatic carbocycles. The Labute approximate surface area is 328 Å². The van der Waals surface area contributed by atoms with Crippen molar-refractivity contribution in [2.24, 2.45) is 11.8 Å². The van der Waals surface area contributed by atoms with Gasteiger partial charge in [0.2, 0.25) is 0 Å². The second kappa shape index (κ2) is 27.5. The summed E-state index contributed by atoms with van der Waals surface area (Å²) in [6.07, 6.45) is 6.97. The molecule has 0 heterocycles. The summed E-state index contributed by atoms with van der Waals surface area (Å²) in [5.41, 5.74) is 6.45. The molecule has 0 bridgehead atoms. The summed E-state index contributed by atoms with van der Waals surface area (Å²) in [5.74, 6) is 1.37. The van der Waals surface area contributed by atoms with Crippen molar-refractivity contribution in [1.29, 1.82) is 0 Å². The molecule has 0 aliphatic heterocycles. The standard InChI is InChI=1S/C24H36N2O.C23H33ClN2/c1-21(2)18-24(19-25-15-9-14-22-10-5-3-6-11-22)26-16-17-27-20-23-12-7-4-8-13-23;1-18(2)14-22(26-16-21-12-11-19(3)15-23(21)24)17-25-13-7-10-20-8-5-4-6-9-20/h3-8,10-13,21,24-26H,9,14-20H2,1-2H3;4-6,8-9,11-12,15,18,22,25-26H,7,10,13-14,16-17H2,1-3H3. The third kappa shape index (κ3) is 21.4. The molecule has 6 heteroatoms. The van der Waals surface area contributed by atoms with Crippen LogP contribution >= 0.6 is 11.6 Å². The second-order valence-electron chi connectivity index (χ2n) is 15.2. The van der Waals surface area contributed by atoms with Crippen LogP contribution in [0, 0.1) is 18.8 Å². The Kier molecular flexibility index (Phi) is 23.1. The van der Waals surface area contributed by atoms with E-state index in [2.05, 4.69) is 153 Å². The number of halogens is 1. The average molecular weight is 742 g/mol. The van der Waals surface area contributed by atoms with Gasteiger partial charge in [0.25, 0.3) is 0 Å². The Balaban J connectivity index is 0.000000286. The first kappa shape index (κ1) is 44.4. The lowest BCUT2D eigenvalue weighted by Crippen LogP contribution is -2.41. The summed E-state index contributed by atoms with van der Waals surface area (Å²) in [6, 6.07) is 39.0. The largest absolute Gasteiger partial charge is 0.375 e. The molecular weight excluding hydrogens is 672 g/mol. The topological polar surface area (TPSA) is 57.4 Å². The predicted octanol–water partition coefficient (Wildman–Crippen LogP) is 9.81. The molecule has 2 atom stereocenters. The van der Waals surface area contributed by atoms with Crippen molar-refractivity contribution in [1.82, 2.24) is 21.3 Å². The molecule has 4 N–H and O–H groups in total. The Morgan fingerprint density at radius 2 is 1.08 bits per heavy atom. The zero-order chi connectivity index (χ0) is 37.9. The predicted molar refractivity (Wildman–Crippen MR) is 229 cm³/mol. The van der Waals surface area contributed by atoms with Crippen LogP contribution in [-0.2, 0) is 30.7 Å². The van der Waals surface area contributed by atoms with Crippen molar-refractivity contribution >= 4 is 11.6 Å². The minimum Gasteiger partial charge on any atom is -0.375 e. The summed E-state index contributed by atoms with van der Waals surface area (Å²) < 4.78 is 5.78. The molecule has 0 radical (unpaired) electrons. The van der Waals surface area contributed by atoms with Gasteiger partial charge < -0.3 is 26.0 Å². The molecule has 290 valence electrons. The van der Waals surface area contributed by atoms with Gasteiger partial charge >= 0.3 is 0 Å². The lowest BCUT2D eigenvalue weighted by Gasteiger charge is -2.22. The molecule has 4 aromatic carbocycles. The fourth-order valence-electron chi connectivity index (χ4n) is 6.44. The highest BCUT2D eigenvalue weighted by Gasteiger charge is 2.12. The van der Waals surface area contributed by atoms with Gasteiger partial charge in [0, 0.05) is 43.3 Å². The van der Waals surface area contributed by atoms with Crippen LogP contribution in [0.2, 0.25) is 5.02 Å². The average Bonchev–Trinajstić information content (AvgIpc) is 3.15. The van der Waals surface area contributed by atoms with E-state index in [0.717, 1.165) is 70.2 Å². The van der Waals surface area contributed by atoms with E-state index >= 15 is 0 Å². The zero-order valence-electron chi connectivity index (χ0n) is 33.4. The normalized spacial score (nSPS) is 12.5. The van der Waals surface area contributed by atoms with E-state index in [1.165, 1.54) is 47.1 Å². The summed E-state index contributed by atoms with van der Waals surface area (Å²) in [6.45, 7) is 18.5. The van der Waals surface area contributed by atoms with Gasteiger partial charge in [-0.3, -0.25) is 0 Å². The number of hydrogen-bond acceptors (Lipinski definition) is 5. The number of aryl methyl sites for hydroxylation is 3. The lowest BCUT2D eigenvalue weighted by molar-refractivity contribution is 0.120. The molecule has 4 rings (SSSR count). The van der Waals surface area contributed by atoms with Gasteiger partial charge in [-0.05, 0) is 104 Å². The van der Waals surface area contributed by atoms with Crippen LogP contribution in [0.25, 0.3) is 0 Å². The fourth-order valence-corrected chi connectivity index (χ4v) is 6.74. The Bertz CT molecular complexity index is 1400. The van der Waals surface area contributed by atoms with Crippen LogP contribution in [0.4, 0.5) is 0 Å². The van der Waals surface area contributed by atoms with Gasteiger partial charge in [0.1, 0.15) is 0 Å². The third-order valence-electron chi connectivity index (χ3n) is 9.20. The quantitative estimate of drug-likeness (QED) is 0.0510. The molecule has 0 amide bonds. The highest BCUT2D eigenvalue weighted by atomic mass is 35.5. The van der Waals surface area contributed by atoms with E-state index in [1.54, 1.807) is 0 Å². The van der Waals surface area contributed by atoms with E-state index in [9.17, 15) is 0 Å². The summed E-state index contributed by atoms with van der Waals surface area (Å²) in [4.78, 5) is 0. The number of rotatable bonds is 25. The smallest absolute Gasteiger partial charge is 0.0717 e. The van der Waals surface area contributed by atoms with Crippen LogP contribution in [0.5, 0.6) is 0 Å². The first-order valence-corrected chi connectivity index (χ1v) is 20.5. The van der Waals surface area contributed by atoms with Crippen molar-refractivity contribution < 1.29 is 4.74 Å². The van der Waals surface area contributed by atoms with Crippen molar-refractivity contribution in [3.8, 4) is 0 Å². The highest BCUT2D eigenvalue weighted by molar-refractivity contribution is 6.31. The minimum absolute atomic E-state index is 0.462. The Morgan fingerprint density at radius 1 is 0.585 bits per heavy atom. The molecule has 0 aromatic heterocycles. The summed E-state index contributed by atoms with van der Waals surface area (Å²) in [7, 11) is 0. The molecule has 2 unspecified atom stereocenters. The number of hydrogen-bond donors (Lipinski definition) is 4. The van der Waals surface area contributed by atoms with E-state index in [-0.39, 0.29) is 0 Å². The van der Waals surface area contributed by atoms with Crippen LogP contribution in [0.1, 0.15) is 81.2 Å². The van der Waals surface area contributed by atoms with Gasteiger partial charge in [-0.1, -0.05) is 142 Å². The molecule has 0 spiro atoms. The van der Waals surface area contributed by atoms with Gasteiger partial charge in [0.05, 0.1) is 13.2 Å². The first-order valence-electron chi connectivity index (χ1n) is 20.1. The molecule has 4 aromatic rings. The van der Waals surface area contributed by atoms with Crippen molar-refractivity contribution in [3.05, 3.63) is 142 Å². The second-order valence-corrected chi connectivity index (χ2v) is 15.6. The molecule has 0 saturated heterocycles. The highest BCUT2D eigenvalue weighted by Crippen LogP contribution is 2.18. The van der Waals surface area contributed by atoms with Gasteiger partial charge in [-0.25, -0.2) is 0 Å². The summed E-state index contributed by atoms with van der Waals surface area (Å²) in [5, 5.41) is 15.5. The fraction of sp³-hybridized carbons (Fsp3) is 0.489. The number of benzene rings is 4. The molecule has 0 fully saturated rings. The third-order valence-corrected chi connectivity index (χ3v) is 9.55. The van der Waals surface area contributed by atoms with Crippen LogP contribution < -0.4 is 21.3 Å². The maximum atomic E-state index is 6.37. The van der Waals surface area contributed by atoms with Gasteiger partial charge in [-0.15, -0.1) is 0 Å². The zero-order valence-corrected chi connectivity index (χ0v) is 34.1. The molecular formula is C47H69ClN4O. The minimum atomic E-state index is 0.462. The molecule has 0 saturated carbocycles. The lowest BCUT2D eigenvalue weighted by atomic mass is 10.0. The van der Waals surface area contributed by atoms with E-state index in [4.69, 9.17) is 16.3 Å². The van der Waals surface area contributed by atoms with Gasteiger partial charge in [-0.2, -0.15) is 0 Å². The first-order chi connectivity index (χ1) is 25.8. The Morgan fingerprint density at radius 3 is 1.57 bits per heavy atom. The van der Waals surface area contributed by atoms with Gasteiger partial charge in [0.15, 0.2) is 0 Å². The van der Waals surface area contributed by atoms with Crippen LogP contribution in [-0.4, -0.2) is 51.4 Å². The van der Waals surface area contributed by atoms with E-state index in [1.807, 2.05) is 12.1 Å². The van der Waals surface area contributed by atoms with Crippen LogP contribution in [0.3, 0.4) is 0 Å². The van der Waals surface area contributed by atoms with E-state index < -0.39 is 0 Å². The van der Waals surface area contributed by atoms with Crippen LogP contribution in [0.15, 0.2) is 109 Å². The summed E-state index contributed by atoms with van der Waals surface area (Å²) >= 11 is 6.37. The van der Waals surface area contributed by atoms with Crippen molar-refractivity contribution in [2.45, 2.75) is 98.4 Å². The molecule has 53 heavy (non-hydrogen) atoms. The maximum absolute atomic E-state index is 6.37. The van der Waals surface area contributed by atoms with E-state index in [0.29, 0.717) is 30.5 Å². The molecule has 5 nitrogen and oxygen atoms in total. The SMILES string of the molecule is CC(C)CC(CNCCCc1ccccc1)NCCOCc1ccccc1.Cc1ccc(CNC(CNCCCc2ccccc2)CC(C)C)c(Cl)c1. The molecule has 0 aliphatic rings. The number of nitrogens with one attached hydrogen (secondary N) is 4. The van der Waals surface area contributed by atoms with Crippen molar-refractivity contribution in [3.63, 3.8) is 0 Å².